The highest BCUT2D eigenvalue weighted by atomic mass is 16.3. The first-order valence-electron chi connectivity index (χ1n) is 8.24. The van der Waals surface area contributed by atoms with E-state index in [1.807, 2.05) is 36.4 Å². The van der Waals surface area contributed by atoms with E-state index < -0.39 is 0 Å². The lowest BCUT2D eigenvalue weighted by atomic mass is 9.87. The maximum Gasteiger partial charge on any atom is 0.127 e. The van der Waals surface area contributed by atoms with E-state index in [9.17, 15) is 5.11 Å². The molecule has 0 radical (unpaired) electrons. The van der Waals surface area contributed by atoms with Gasteiger partial charge in [0.1, 0.15) is 5.75 Å². The van der Waals surface area contributed by atoms with E-state index in [1.165, 1.54) is 5.56 Å². The monoisotopic (exact) mass is 302 g/mol. The number of aromatic hydroxyl groups is 1. The summed E-state index contributed by atoms with van der Waals surface area (Å²) in [6.07, 6.45) is 1.76. The first kappa shape index (κ1) is 15.4. The zero-order valence-electron chi connectivity index (χ0n) is 13.7. The molecule has 0 aliphatic carbocycles. The van der Waals surface area contributed by atoms with Crippen molar-refractivity contribution in [1.29, 1.82) is 0 Å². The van der Waals surface area contributed by atoms with E-state index in [1.54, 1.807) is 0 Å². The molecule has 0 aliphatic rings. The van der Waals surface area contributed by atoms with Gasteiger partial charge in [0.25, 0.3) is 0 Å². The minimum absolute atomic E-state index is 0.428. The molecular formula is C22H22O. The number of benzene rings is 3. The SMILES string of the molecule is CCc1cc(-c2ccccc2)c(-c2ccccc2)c(O)c1CC. The van der Waals surface area contributed by atoms with Crippen molar-refractivity contribution in [2.45, 2.75) is 26.7 Å². The topological polar surface area (TPSA) is 20.2 Å². The van der Waals surface area contributed by atoms with E-state index in [0.717, 1.165) is 40.7 Å². The predicted octanol–water partition coefficient (Wildman–Crippen LogP) is 5.85. The Labute approximate surface area is 138 Å². The van der Waals surface area contributed by atoms with Crippen LogP contribution >= 0.6 is 0 Å². The largest absolute Gasteiger partial charge is 0.507 e. The second-order valence-corrected chi connectivity index (χ2v) is 5.72. The van der Waals surface area contributed by atoms with Crippen LogP contribution in [-0.2, 0) is 12.8 Å². The van der Waals surface area contributed by atoms with Gasteiger partial charge in [0, 0.05) is 5.56 Å². The summed E-state index contributed by atoms with van der Waals surface area (Å²) in [6.45, 7) is 4.25. The number of rotatable bonds is 4. The highest BCUT2D eigenvalue weighted by Crippen LogP contribution is 2.42. The molecule has 0 aliphatic heterocycles. The van der Waals surface area contributed by atoms with Gasteiger partial charge in [-0.2, -0.15) is 0 Å². The highest BCUT2D eigenvalue weighted by molar-refractivity contribution is 5.89. The minimum Gasteiger partial charge on any atom is -0.507 e. The molecular weight excluding hydrogens is 280 g/mol. The summed E-state index contributed by atoms with van der Waals surface area (Å²) in [6, 6.07) is 22.7. The van der Waals surface area contributed by atoms with Crippen LogP contribution in [0.15, 0.2) is 66.7 Å². The van der Waals surface area contributed by atoms with Crippen molar-refractivity contribution in [3.05, 3.63) is 77.9 Å². The first-order valence-corrected chi connectivity index (χ1v) is 8.24. The molecule has 0 unspecified atom stereocenters. The molecule has 0 aromatic heterocycles. The van der Waals surface area contributed by atoms with Gasteiger partial charge in [-0.05, 0) is 46.7 Å². The molecule has 0 spiro atoms. The maximum absolute atomic E-state index is 11.0. The fourth-order valence-corrected chi connectivity index (χ4v) is 3.22. The van der Waals surface area contributed by atoms with Gasteiger partial charge in [-0.25, -0.2) is 0 Å². The minimum atomic E-state index is 0.428. The summed E-state index contributed by atoms with van der Waals surface area (Å²) in [5.74, 6) is 0.428. The van der Waals surface area contributed by atoms with Crippen molar-refractivity contribution in [1.82, 2.24) is 0 Å². The lowest BCUT2D eigenvalue weighted by Crippen LogP contribution is -1.97. The summed E-state index contributed by atoms with van der Waals surface area (Å²) in [5, 5.41) is 11.0. The second-order valence-electron chi connectivity index (χ2n) is 5.72. The Hall–Kier alpha value is -2.54. The van der Waals surface area contributed by atoms with Crippen LogP contribution in [-0.4, -0.2) is 5.11 Å². The van der Waals surface area contributed by atoms with Crippen molar-refractivity contribution < 1.29 is 5.11 Å². The zero-order valence-corrected chi connectivity index (χ0v) is 13.7. The summed E-state index contributed by atoms with van der Waals surface area (Å²) >= 11 is 0. The number of hydrogen-bond acceptors (Lipinski definition) is 1. The average Bonchev–Trinajstić information content (AvgIpc) is 2.62. The summed E-state index contributed by atoms with van der Waals surface area (Å²) in [4.78, 5) is 0. The number of phenolic OH excluding ortho intramolecular Hbond substituents is 1. The third-order valence-corrected chi connectivity index (χ3v) is 4.38. The van der Waals surface area contributed by atoms with Crippen LogP contribution in [0.1, 0.15) is 25.0 Å². The van der Waals surface area contributed by atoms with Crippen molar-refractivity contribution in [2.24, 2.45) is 0 Å². The van der Waals surface area contributed by atoms with Crippen LogP contribution in [0.2, 0.25) is 0 Å². The van der Waals surface area contributed by atoms with Gasteiger partial charge in [0.2, 0.25) is 0 Å². The van der Waals surface area contributed by atoms with Gasteiger partial charge >= 0.3 is 0 Å². The Morgan fingerprint density at radius 2 is 1.30 bits per heavy atom. The van der Waals surface area contributed by atoms with Crippen LogP contribution in [0.4, 0.5) is 0 Å². The maximum atomic E-state index is 11.0. The molecule has 0 saturated heterocycles. The van der Waals surface area contributed by atoms with Gasteiger partial charge in [-0.1, -0.05) is 74.5 Å². The molecule has 0 bridgehead atoms. The van der Waals surface area contributed by atoms with Crippen LogP contribution in [0.25, 0.3) is 22.3 Å². The number of hydrogen-bond donors (Lipinski definition) is 1. The molecule has 0 atom stereocenters. The lowest BCUT2D eigenvalue weighted by molar-refractivity contribution is 0.470. The molecule has 116 valence electrons. The quantitative estimate of drug-likeness (QED) is 0.641. The third kappa shape index (κ3) is 2.87. The van der Waals surface area contributed by atoms with E-state index >= 15 is 0 Å². The van der Waals surface area contributed by atoms with Crippen LogP contribution in [0, 0.1) is 0 Å². The summed E-state index contributed by atoms with van der Waals surface area (Å²) in [7, 11) is 0. The zero-order chi connectivity index (χ0) is 16.2. The number of aryl methyl sites for hydroxylation is 1. The smallest absolute Gasteiger partial charge is 0.127 e. The molecule has 3 aromatic carbocycles. The second kappa shape index (κ2) is 6.70. The van der Waals surface area contributed by atoms with Gasteiger partial charge in [-0.15, -0.1) is 0 Å². The van der Waals surface area contributed by atoms with Gasteiger partial charge in [0.05, 0.1) is 0 Å². The molecule has 3 aromatic rings. The molecule has 1 N–H and O–H groups in total. The third-order valence-electron chi connectivity index (χ3n) is 4.38. The highest BCUT2D eigenvalue weighted by Gasteiger charge is 2.18. The molecule has 0 heterocycles. The van der Waals surface area contributed by atoms with E-state index in [-0.39, 0.29) is 0 Å². The van der Waals surface area contributed by atoms with Gasteiger partial charge in [-0.3, -0.25) is 0 Å². The normalized spacial score (nSPS) is 10.7. The molecule has 3 rings (SSSR count). The molecule has 0 saturated carbocycles. The summed E-state index contributed by atoms with van der Waals surface area (Å²) < 4.78 is 0. The summed E-state index contributed by atoms with van der Waals surface area (Å²) in [5.41, 5.74) is 6.52. The van der Waals surface area contributed by atoms with Crippen molar-refractivity contribution in [2.75, 3.05) is 0 Å². The Morgan fingerprint density at radius 3 is 1.83 bits per heavy atom. The van der Waals surface area contributed by atoms with E-state index in [2.05, 4.69) is 44.2 Å². The van der Waals surface area contributed by atoms with Gasteiger partial charge in [0.15, 0.2) is 0 Å². The van der Waals surface area contributed by atoms with Crippen LogP contribution in [0.3, 0.4) is 0 Å². The van der Waals surface area contributed by atoms with Crippen LogP contribution < -0.4 is 0 Å². The van der Waals surface area contributed by atoms with Crippen molar-refractivity contribution >= 4 is 0 Å². The average molecular weight is 302 g/mol. The Balaban J connectivity index is 2.35. The molecule has 23 heavy (non-hydrogen) atoms. The van der Waals surface area contributed by atoms with Crippen LogP contribution in [0.5, 0.6) is 5.75 Å². The number of phenols is 1. The molecule has 0 fully saturated rings. The fraction of sp³-hybridized carbons (Fsp3) is 0.182. The standard InChI is InChI=1S/C22H22O/c1-3-16-15-20(17-11-7-5-8-12-17)21(22(23)19(16)4-2)18-13-9-6-10-14-18/h5-15,23H,3-4H2,1-2H3. The molecule has 0 amide bonds. The Kier molecular flexibility index (Phi) is 4.47. The lowest BCUT2D eigenvalue weighted by Gasteiger charge is -2.18. The van der Waals surface area contributed by atoms with Crippen molar-refractivity contribution in [3.8, 4) is 28.0 Å². The van der Waals surface area contributed by atoms with Gasteiger partial charge < -0.3 is 5.11 Å². The van der Waals surface area contributed by atoms with E-state index in [0.29, 0.717) is 5.75 Å². The Morgan fingerprint density at radius 1 is 0.739 bits per heavy atom. The predicted molar refractivity (Wildman–Crippen MR) is 97.7 cm³/mol. The fourth-order valence-electron chi connectivity index (χ4n) is 3.22. The van der Waals surface area contributed by atoms with Crippen molar-refractivity contribution in [3.63, 3.8) is 0 Å². The molecule has 1 nitrogen and oxygen atoms in total. The molecule has 1 heteroatoms. The van der Waals surface area contributed by atoms with E-state index in [4.69, 9.17) is 0 Å². The Bertz CT molecular complexity index is 789. The first-order chi connectivity index (χ1) is 11.3.